The molecule has 0 heterocycles. The van der Waals surface area contributed by atoms with Gasteiger partial charge in [0.05, 0.1) is 0 Å². The highest BCUT2D eigenvalue weighted by Crippen LogP contribution is 2.69. The number of hydrogen-bond donors (Lipinski definition) is 0. The Hall–Kier alpha value is 0. The molecule has 0 aromatic heterocycles. The standard InChI is InChI=1S/C27H46/c1-18-10-14-26(4)20(16-18)6-7-21-23-9-8-22(19-11-13-25(2,3)17-19)27(23,5)15-12-24(21)26/h18-24H,6-17H2,1-5H3/t18-,19-,20+,21?,22-,23+,24?,26+,27-/m1/s1. The molecule has 0 N–H and O–H groups in total. The van der Waals surface area contributed by atoms with Gasteiger partial charge in [-0.3, -0.25) is 0 Å². The molecular formula is C27H46. The van der Waals surface area contributed by atoms with Crippen LogP contribution in [0.5, 0.6) is 0 Å². The molecule has 5 aliphatic carbocycles. The van der Waals surface area contributed by atoms with Gasteiger partial charge in [0.15, 0.2) is 0 Å². The molecule has 2 unspecified atom stereocenters. The van der Waals surface area contributed by atoms with E-state index >= 15 is 0 Å². The molecule has 0 heteroatoms. The fourth-order valence-electron chi connectivity index (χ4n) is 10.1. The van der Waals surface area contributed by atoms with E-state index in [9.17, 15) is 0 Å². The molecule has 0 bridgehead atoms. The summed E-state index contributed by atoms with van der Waals surface area (Å²) in [6, 6.07) is 0. The second kappa shape index (κ2) is 6.25. The third-order valence-corrected chi connectivity index (χ3v) is 11.6. The van der Waals surface area contributed by atoms with Crippen LogP contribution in [0.25, 0.3) is 0 Å². The minimum Gasteiger partial charge on any atom is -0.0625 e. The van der Waals surface area contributed by atoms with Gasteiger partial charge >= 0.3 is 0 Å². The van der Waals surface area contributed by atoms with E-state index in [1.807, 2.05) is 0 Å². The molecule has 9 atom stereocenters. The van der Waals surface area contributed by atoms with Crippen molar-refractivity contribution in [3.8, 4) is 0 Å². The zero-order valence-electron chi connectivity index (χ0n) is 19.0. The predicted molar refractivity (Wildman–Crippen MR) is 116 cm³/mol. The summed E-state index contributed by atoms with van der Waals surface area (Å²) >= 11 is 0. The van der Waals surface area contributed by atoms with Crippen LogP contribution in [0.15, 0.2) is 0 Å². The lowest BCUT2D eigenvalue weighted by Crippen LogP contribution is -2.53. The Labute approximate surface area is 169 Å². The van der Waals surface area contributed by atoms with Crippen molar-refractivity contribution in [1.29, 1.82) is 0 Å². The smallest absolute Gasteiger partial charge is 0.0264 e. The van der Waals surface area contributed by atoms with Gasteiger partial charge in [0, 0.05) is 0 Å². The summed E-state index contributed by atoms with van der Waals surface area (Å²) in [5.74, 6) is 7.38. The SMILES string of the molecule is C[C@@H]1CC[C@]2(C)C3CC[C@]4(C)[C@@H]([C@@H]5CCC(C)(C)C5)CC[C@H]4C3CC[C@H]2C1. The molecule has 0 radical (unpaired) electrons. The summed E-state index contributed by atoms with van der Waals surface area (Å²) < 4.78 is 0. The lowest BCUT2D eigenvalue weighted by molar-refractivity contribution is -0.120. The molecule has 154 valence electrons. The minimum absolute atomic E-state index is 0.626. The largest absolute Gasteiger partial charge is 0.0625 e. The number of rotatable bonds is 1. The Kier molecular flexibility index (Phi) is 4.39. The summed E-state index contributed by atoms with van der Waals surface area (Å²) in [5.41, 5.74) is 2.02. The molecule has 5 aliphatic rings. The Morgan fingerprint density at radius 3 is 2.07 bits per heavy atom. The van der Waals surface area contributed by atoms with Crippen LogP contribution in [0.1, 0.15) is 112 Å². The molecule has 0 amide bonds. The molecule has 0 spiro atoms. The van der Waals surface area contributed by atoms with Crippen molar-refractivity contribution < 1.29 is 0 Å². The van der Waals surface area contributed by atoms with E-state index in [1.165, 1.54) is 25.7 Å². The lowest BCUT2D eigenvalue weighted by Gasteiger charge is -2.61. The van der Waals surface area contributed by atoms with E-state index in [4.69, 9.17) is 0 Å². The van der Waals surface area contributed by atoms with Gasteiger partial charge in [-0.25, -0.2) is 0 Å². The van der Waals surface area contributed by atoms with Crippen molar-refractivity contribution in [2.24, 2.45) is 57.7 Å². The molecule has 5 rings (SSSR count). The molecule has 5 saturated carbocycles. The van der Waals surface area contributed by atoms with E-state index in [0.717, 1.165) is 41.4 Å². The van der Waals surface area contributed by atoms with Gasteiger partial charge in [-0.05, 0) is 128 Å². The van der Waals surface area contributed by atoms with Crippen molar-refractivity contribution >= 4 is 0 Å². The highest BCUT2D eigenvalue weighted by molar-refractivity contribution is 5.10. The average Bonchev–Trinajstić information content (AvgIpc) is 3.14. The molecule has 0 aliphatic heterocycles. The first kappa shape index (κ1) is 19.0. The molecule has 0 aromatic rings. The Bertz CT molecular complexity index is 575. The van der Waals surface area contributed by atoms with Crippen LogP contribution < -0.4 is 0 Å². The summed E-state index contributed by atoms with van der Waals surface area (Å²) in [6.45, 7) is 13.1. The summed E-state index contributed by atoms with van der Waals surface area (Å²) in [6.07, 6.45) is 18.6. The van der Waals surface area contributed by atoms with Crippen molar-refractivity contribution in [3.63, 3.8) is 0 Å². The fourth-order valence-corrected chi connectivity index (χ4v) is 10.1. The zero-order valence-corrected chi connectivity index (χ0v) is 19.0. The van der Waals surface area contributed by atoms with Gasteiger partial charge in [-0.2, -0.15) is 0 Å². The number of fused-ring (bicyclic) bond motifs is 5. The summed E-state index contributed by atoms with van der Waals surface area (Å²) in [7, 11) is 0. The van der Waals surface area contributed by atoms with Crippen LogP contribution in [-0.2, 0) is 0 Å². The first-order chi connectivity index (χ1) is 12.7. The first-order valence-electron chi connectivity index (χ1n) is 12.7. The van der Waals surface area contributed by atoms with E-state index in [2.05, 4.69) is 34.6 Å². The molecule has 0 saturated heterocycles. The maximum absolute atomic E-state index is 2.77. The average molecular weight is 371 g/mol. The second-order valence-corrected chi connectivity index (χ2v) is 13.4. The maximum atomic E-state index is 2.77. The van der Waals surface area contributed by atoms with Gasteiger partial charge < -0.3 is 0 Å². The highest BCUT2D eigenvalue weighted by Gasteiger charge is 2.61. The van der Waals surface area contributed by atoms with Crippen LogP contribution in [-0.4, -0.2) is 0 Å². The zero-order chi connectivity index (χ0) is 19.0. The maximum Gasteiger partial charge on any atom is -0.0264 e. The van der Waals surface area contributed by atoms with Gasteiger partial charge in [0.25, 0.3) is 0 Å². The topological polar surface area (TPSA) is 0 Å². The number of hydrogen-bond acceptors (Lipinski definition) is 0. The van der Waals surface area contributed by atoms with Crippen molar-refractivity contribution in [1.82, 2.24) is 0 Å². The molecular weight excluding hydrogens is 324 g/mol. The van der Waals surface area contributed by atoms with Crippen LogP contribution in [0.4, 0.5) is 0 Å². The van der Waals surface area contributed by atoms with Gasteiger partial charge in [-0.1, -0.05) is 41.0 Å². The minimum atomic E-state index is 0.626. The molecule has 0 nitrogen and oxygen atoms in total. The lowest BCUT2D eigenvalue weighted by atomic mass is 9.44. The molecule has 5 fully saturated rings. The monoisotopic (exact) mass is 370 g/mol. The quantitative estimate of drug-likeness (QED) is 0.437. The fraction of sp³-hybridized carbons (Fsp3) is 1.00. The second-order valence-electron chi connectivity index (χ2n) is 13.4. The van der Waals surface area contributed by atoms with E-state index in [0.29, 0.717) is 16.2 Å². The third kappa shape index (κ3) is 2.81. The molecule has 0 aromatic carbocycles. The van der Waals surface area contributed by atoms with Crippen molar-refractivity contribution in [2.45, 2.75) is 112 Å². The van der Waals surface area contributed by atoms with Crippen LogP contribution >= 0.6 is 0 Å². The Morgan fingerprint density at radius 1 is 0.630 bits per heavy atom. The first-order valence-corrected chi connectivity index (χ1v) is 12.7. The summed E-state index contributed by atoms with van der Waals surface area (Å²) in [5, 5.41) is 0. The third-order valence-electron chi connectivity index (χ3n) is 11.6. The van der Waals surface area contributed by atoms with E-state index in [-0.39, 0.29) is 0 Å². The van der Waals surface area contributed by atoms with Crippen molar-refractivity contribution in [2.75, 3.05) is 0 Å². The van der Waals surface area contributed by atoms with Crippen LogP contribution in [0.3, 0.4) is 0 Å². The normalized spacial score (nSPS) is 57.0. The van der Waals surface area contributed by atoms with Crippen LogP contribution in [0, 0.1) is 57.7 Å². The highest BCUT2D eigenvalue weighted by atomic mass is 14.7. The van der Waals surface area contributed by atoms with Crippen molar-refractivity contribution in [3.05, 3.63) is 0 Å². The van der Waals surface area contributed by atoms with E-state index < -0.39 is 0 Å². The predicted octanol–water partition coefficient (Wildman–Crippen LogP) is 8.11. The van der Waals surface area contributed by atoms with Gasteiger partial charge in [0.1, 0.15) is 0 Å². The Morgan fingerprint density at radius 2 is 1.33 bits per heavy atom. The van der Waals surface area contributed by atoms with Gasteiger partial charge in [-0.15, -0.1) is 0 Å². The van der Waals surface area contributed by atoms with E-state index in [1.54, 1.807) is 51.4 Å². The van der Waals surface area contributed by atoms with Crippen LogP contribution in [0.2, 0.25) is 0 Å². The Balaban J connectivity index is 1.37. The summed E-state index contributed by atoms with van der Waals surface area (Å²) in [4.78, 5) is 0. The molecule has 27 heavy (non-hydrogen) atoms. The van der Waals surface area contributed by atoms with Gasteiger partial charge in [0.2, 0.25) is 0 Å².